The molecule has 0 bridgehead atoms. The number of hydrogen-bond donors (Lipinski definition) is 1. The molecule has 1 aromatic carbocycles. The number of carbonyl (C=O) groups is 2. The molecule has 2 aromatic rings. The van der Waals surface area contributed by atoms with Crippen molar-refractivity contribution in [3.63, 3.8) is 0 Å². The van der Waals surface area contributed by atoms with Crippen LogP contribution in [-0.4, -0.2) is 55.0 Å². The Morgan fingerprint density at radius 2 is 1.94 bits per heavy atom. The van der Waals surface area contributed by atoms with Crippen LogP contribution >= 0.6 is 0 Å². The van der Waals surface area contributed by atoms with Gasteiger partial charge in [0, 0.05) is 56.7 Å². The van der Waals surface area contributed by atoms with Gasteiger partial charge in [-0.2, -0.15) is 0 Å². The summed E-state index contributed by atoms with van der Waals surface area (Å²) in [6.07, 6.45) is 6.31. The van der Waals surface area contributed by atoms with Gasteiger partial charge >= 0.3 is 0 Å². The van der Waals surface area contributed by atoms with E-state index in [0.717, 1.165) is 48.7 Å². The van der Waals surface area contributed by atoms with Gasteiger partial charge in [-0.05, 0) is 41.8 Å². The normalized spacial score (nSPS) is 22.4. The van der Waals surface area contributed by atoms with E-state index in [1.165, 1.54) is 0 Å². The lowest BCUT2D eigenvalue weighted by molar-refractivity contribution is -0.125. The van der Waals surface area contributed by atoms with Gasteiger partial charge in [0.15, 0.2) is 0 Å². The predicted octanol–water partition coefficient (Wildman–Crippen LogP) is 2.58. The summed E-state index contributed by atoms with van der Waals surface area (Å²) in [4.78, 5) is 32.9. The number of anilines is 2. The number of hydrogen-bond acceptors (Lipinski definition) is 5. The second kappa shape index (κ2) is 8.06. The SMILES string of the molecule is COc1ccccc1N1C[C@H]2CN(C(=O)/C=C/c3cnc4c(c3)CCC(=O)N4)C[C@H]2C1. The zero-order valence-electron chi connectivity index (χ0n) is 17.6. The molecule has 0 aliphatic carbocycles. The van der Waals surface area contributed by atoms with Gasteiger partial charge in [-0.15, -0.1) is 0 Å². The molecule has 0 saturated carbocycles. The monoisotopic (exact) mass is 418 g/mol. The fourth-order valence-corrected chi connectivity index (χ4v) is 4.90. The fraction of sp³-hybridized carbons (Fsp3) is 0.375. The van der Waals surface area contributed by atoms with Crippen LogP contribution in [0.2, 0.25) is 0 Å². The third-order valence-electron chi connectivity index (χ3n) is 6.51. The Bertz CT molecular complexity index is 1040. The van der Waals surface area contributed by atoms with Crippen LogP contribution in [0.5, 0.6) is 5.75 Å². The fourth-order valence-electron chi connectivity index (χ4n) is 4.90. The van der Waals surface area contributed by atoms with E-state index in [-0.39, 0.29) is 11.8 Å². The third kappa shape index (κ3) is 3.87. The largest absolute Gasteiger partial charge is 0.495 e. The van der Waals surface area contributed by atoms with Crippen LogP contribution in [-0.2, 0) is 16.0 Å². The summed E-state index contributed by atoms with van der Waals surface area (Å²) in [6, 6.07) is 10.1. The van der Waals surface area contributed by atoms with Crippen molar-refractivity contribution >= 4 is 29.4 Å². The van der Waals surface area contributed by atoms with Gasteiger partial charge in [-0.25, -0.2) is 4.98 Å². The molecule has 2 saturated heterocycles. The quantitative estimate of drug-likeness (QED) is 0.773. The highest BCUT2D eigenvalue weighted by atomic mass is 16.5. The number of para-hydroxylation sites is 2. The van der Waals surface area contributed by atoms with Crippen molar-refractivity contribution in [1.82, 2.24) is 9.88 Å². The van der Waals surface area contributed by atoms with E-state index in [4.69, 9.17) is 4.74 Å². The van der Waals surface area contributed by atoms with Crippen LogP contribution in [0.3, 0.4) is 0 Å². The zero-order chi connectivity index (χ0) is 21.4. The molecule has 31 heavy (non-hydrogen) atoms. The van der Waals surface area contributed by atoms with E-state index < -0.39 is 0 Å². The maximum atomic E-state index is 12.8. The molecule has 7 heteroatoms. The lowest BCUT2D eigenvalue weighted by Crippen LogP contribution is -2.32. The maximum Gasteiger partial charge on any atom is 0.246 e. The van der Waals surface area contributed by atoms with Crippen LogP contribution in [0, 0.1) is 11.8 Å². The van der Waals surface area contributed by atoms with Crippen molar-refractivity contribution in [3.05, 3.63) is 53.7 Å². The number of amides is 2. The van der Waals surface area contributed by atoms with Gasteiger partial charge in [-0.3, -0.25) is 9.59 Å². The van der Waals surface area contributed by atoms with E-state index in [1.54, 1.807) is 19.4 Å². The smallest absolute Gasteiger partial charge is 0.246 e. The number of rotatable bonds is 4. The van der Waals surface area contributed by atoms with E-state index in [9.17, 15) is 9.59 Å². The Labute approximate surface area is 181 Å². The van der Waals surface area contributed by atoms with E-state index in [1.807, 2.05) is 35.2 Å². The highest BCUT2D eigenvalue weighted by Crippen LogP contribution is 2.37. The second-order valence-electron chi connectivity index (χ2n) is 8.50. The lowest BCUT2D eigenvalue weighted by atomic mass is 10.0. The Kier molecular flexibility index (Phi) is 5.10. The highest BCUT2D eigenvalue weighted by Gasteiger charge is 2.41. The molecular formula is C24H26N4O3. The Morgan fingerprint density at radius 3 is 2.71 bits per heavy atom. The topological polar surface area (TPSA) is 74.8 Å². The molecule has 1 N–H and O–H groups in total. The van der Waals surface area contributed by atoms with Crippen molar-refractivity contribution in [2.24, 2.45) is 11.8 Å². The molecule has 7 nitrogen and oxygen atoms in total. The predicted molar refractivity (Wildman–Crippen MR) is 119 cm³/mol. The second-order valence-corrected chi connectivity index (χ2v) is 8.50. The van der Waals surface area contributed by atoms with Crippen molar-refractivity contribution in [3.8, 4) is 5.75 Å². The molecule has 0 radical (unpaired) electrons. The molecule has 2 atom stereocenters. The minimum atomic E-state index is 0.00215. The van der Waals surface area contributed by atoms with Gasteiger partial charge in [0.05, 0.1) is 12.8 Å². The van der Waals surface area contributed by atoms with Gasteiger partial charge in [0.1, 0.15) is 11.6 Å². The highest BCUT2D eigenvalue weighted by molar-refractivity contribution is 5.94. The molecule has 0 unspecified atom stereocenters. The Hall–Kier alpha value is -3.35. The molecule has 4 heterocycles. The molecule has 5 rings (SSSR count). The molecule has 160 valence electrons. The molecule has 1 aromatic heterocycles. The number of carbonyl (C=O) groups excluding carboxylic acids is 2. The van der Waals surface area contributed by atoms with Crippen LogP contribution in [0.15, 0.2) is 42.6 Å². The molecule has 3 aliphatic rings. The van der Waals surface area contributed by atoms with Crippen LogP contribution in [0.1, 0.15) is 17.5 Å². The summed E-state index contributed by atoms with van der Waals surface area (Å²) in [6.45, 7) is 3.46. The van der Waals surface area contributed by atoms with Gasteiger partial charge < -0.3 is 19.9 Å². The number of aromatic nitrogens is 1. The van der Waals surface area contributed by atoms with Crippen molar-refractivity contribution in [2.45, 2.75) is 12.8 Å². The summed E-state index contributed by atoms with van der Waals surface area (Å²) in [5.41, 5.74) is 3.03. The van der Waals surface area contributed by atoms with Gasteiger partial charge in [-0.1, -0.05) is 12.1 Å². The summed E-state index contributed by atoms with van der Waals surface area (Å²) in [5.74, 6) is 2.54. The van der Waals surface area contributed by atoms with Crippen LogP contribution in [0.4, 0.5) is 11.5 Å². The van der Waals surface area contributed by atoms with Gasteiger partial charge in [0.25, 0.3) is 0 Å². The van der Waals surface area contributed by atoms with Crippen LogP contribution in [0.25, 0.3) is 6.08 Å². The summed E-state index contributed by atoms with van der Waals surface area (Å²) < 4.78 is 5.51. The van der Waals surface area contributed by atoms with E-state index in [0.29, 0.717) is 30.5 Å². The average Bonchev–Trinajstić information content (AvgIpc) is 3.37. The summed E-state index contributed by atoms with van der Waals surface area (Å²) >= 11 is 0. The van der Waals surface area contributed by atoms with E-state index >= 15 is 0 Å². The van der Waals surface area contributed by atoms with Crippen molar-refractivity contribution < 1.29 is 14.3 Å². The maximum absolute atomic E-state index is 12.8. The third-order valence-corrected chi connectivity index (χ3v) is 6.51. The van der Waals surface area contributed by atoms with Crippen LogP contribution < -0.4 is 15.0 Å². The first-order valence-corrected chi connectivity index (χ1v) is 10.7. The van der Waals surface area contributed by atoms with Gasteiger partial charge in [0.2, 0.25) is 11.8 Å². The first-order valence-electron chi connectivity index (χ1n) is 10.7. The number of benzene rings is 1. The number of fused-ring (bicyclic) bond motifs is 2. The average molecular weight is 418 g/mol. The lowest BCUT2D eigenvalue weighted by Gasteiger charge is -2.24. The summed E-state index contributed by atoms with van der Waals surface area (Å²) in [7, 11) is 1.70. The first-order chi connectivity index (χ1) is 15.1. The number of pyridine rings is 1. The molecular weight excluding hydrogens is 392 g/mol. The number of nitrogens with one attached hydrogen (secondary N) is 1. The standard InChI is InChI=1S/C24H26N4O3/c1-31-21-5-3-2-4-20(21)27-12-18-14-28(15-19(18)13-27)23(30)9-6-16-10-17-7-8-22(29)26-24(17)25-11-16/h2-6,9-11,18-19H,7-8,12-15H2,1H3,(H,25,26,29)/b9-6+/t18-,19+. The zero-order valence-corrected chi connectivity index (χ0v) is 17.6. The molecule has 3 aliphatic heterocycles. The Morgan fingerprint density at radius 1 is 1.16 bits per heavy atom. The Balaban J connectivity index is 1.20. The minimum absolute atomic E-state index is 0.00215. The molecule has 2 amide bonds. The van der Waals surface area contributed by atoms with Crippen molar-refractivity contribution in [2.75, 3.05) is 43.5 Å². The first kappa shape index (κ1) is 19.6. The van der Waals surface area contributed by atoms with Crippen molar-refractivity contribution in [1.29, 1.82) is 0 Å². The summed E-state index contributed by atoms with van der Waals surface area (Å²) in [5, 5.41) is 2.78. The number of methoxy groups -OCH3 is 1. The number of ether oxygens (including phenoxy) is 1. The van der Waals surface area contributed by atoms with E-state index in [2.05, 4.69) is 21.3 Å². The molecule has 2 fully saturated rings. The number of nitrogens with zero attached hydrogens (tertiary/aromatic N) is 3. The number of likely N-dealkylation sites (tertiary alicyclic amines) is 1. The number of aryl methyl sites for hydroxylation is 1. The molecule has 0 spiro atoms. The minimum Gasteiger partial charge on any atom is -0.495 e.